The summed E-state index contributed by atoms with van der Waals surface area (Å²) in [5.41, 5.74) is 8.40. The topological polar surface area (TPSA) is 47.1 Å². The van der Waals surface area contributed by atoms with Gasteiger partial charge in [-0.15, -0.1) is 0 Å². The summed E-state index contributed by atoms with van der Waals surface area (Å²) >= 11 is 0. The highest BCUT2D eigenvalue weighted by molar-refractivity contribution is 5.81. The fourth-order valence-electron chi connectivity index (χ4n) is 2.85. The fraction of sp³-hybridized carbons (Fsp3) is 0.500. The van der Waals surface area contributed by atoms with E-state index in [1.54, 1.807) is 0 Å². The summed E-state index contributed by atoms with van der Waals surface area (Å²) in [5.74, 6) is 0. The van der Waals surface area contributed by atoms with Gasteiger partial charge in [-0.25, -0.2) is 0 Å². The van der Waals surface area contributed by atoms with E-state index in [-0.39, 0.29) is 0 Å². The maximum atomic E-state index is 6.03. The minimum Gasteiger partial charge on any atom is -0.327 e. The van der Waals surface area contributed by atoms with Crippen molar-refractivity contribution < 1.29 is 0 Å². The zero-order chi connectivity index (χ0) is 12.5. The van der Waals surface area contributed by atoms with Crippen LogP contribution in [0.25, 0.3) is 10.9 Å². The van der Waals surface area contributed by atoms with Crippen LogP contribution in [-0.2, 0) is 13.6 Å². The molecule has 2 N–H and O–H groups in total. The predicted octanol–water partition coefficient (Wildman–Crippen LogP) is 1.50. The van der Waals surface area contributed by atoms with Crippen LogP contribution < -0.4 is 5.73 Å². The molecule has 3 rings (SSSR count). The van der Waals surface area contributed by atoms with Crippen LogP contribution in [-0.4, -0.2) is 33.8 Å². The maximum absolute atomic E-state index is 6.03. The average molecular weight is 244 g/mol. The molecular weight excluding hydrogens is 224 g/mol. The zero-order valence-electron chi connectivity index (χ0n) is 10.8. The van der Waals surface area contributed by atoms with E-state index in [1.807, 2.05) is 11.7 Å². The number of fused-ring (bicyclic) bond motifs is 1. The van der Waals surface area contributed by atoms with Crippen LogP contribution in [0.15, 0.2) is 24.3 Å². The Balaban J connectivity index is 1.86. The number of nitrogens with two attached hydrogens (primary N) is 1. The Hall–Kier alpha value is -1.39. The second-order valence-corrected chi connectivity index (χ2v) is 5.22. The van der Waals surface area contributed by atoms with Gasteiger partial charge in [-0.05, 0) is 25.5 Å². The van der Waals surface area contributed by atoms with Crippen LogP contribution in [0.5, 0.6) is 0 Å². The summed E-state index contributed by atoms with van der Waals surface area (Å²) in [5, 5.41) is 5.91. The molecule has 0 bridgehead atoms. The van der Waals surface area contributed by atoms with E-state index in [4.69, 9.17) is 5.73 Å². The molecule has 4 heteroatoms. The minimum atomic E-state index is 0.328. The maximum Gasteiger partial charge on any atom is 0.0843 e. The van der Waals surface area contributed by atoms with Crippen LogP contribution in [0.1, 0.15) is 18.5 Å². The van der Waals surface area contributed by atoms with Crippen molar-refractivity contribution in [3.63, 3.8) is 0 Å². The van der Waals surface area contributed by atoms with Crippen molar-refractivity contribution in [3.05, 3.63) is 30.0 Å². The summed E-state index contributed by atoms with van der Waals surface area (Å²) in [4.78, 5) is 2.42. The number of hydrogen-bond donors (Lipinski definition) is 1. The molecule has 1 fully saturated rings. The van der Waals surface area contributed by atoms with E-state index in [0.717, 1.165) is 26.1 Å². The normalized spacial score (nSPS) is 21.6. The van der Waals surface area contributed by atoms with Crippen molar-refractivity contribution in [1.29, 1.82) is 0 Å². The fourth-order valence-corrected chi connectivity index (χ4v) is 2.85. The van der Waals surface area contributed by atoms with Crippen molar-refractivity contribution in [2.24, 2.45) is 12.8 Å². The standard InChI is InChI=1S/C14H20N4/c1-17-14-7-3-2-6-12(14)13(16-17)10-18-8-4-5-11(15)9-18/h2-3,6-7,11H,4-5,8-10,15H2,1H3/t11-/m1/s1. The number of aryl methyl sites for hydroxylation is 1. The van der Waals surface area contributed by atoms with E-state index in [0.29, 0.717) is 6.04 Å². The second-order valence-electron chi connectivity index (χ2n) is 5.22. The van der Waals surface area contributed by atoms with E-state index in [1.165, 1.54) is 23.0 Å². The molecule has 0 saturated carbocycles. The van der Waals surface area contributed by atoms with Gasteiger partial charge in [-0.1, -0.05) is 18.2 Å². The van der Waals surface area contributed by atoms with Crippen LogP contribution in [0.4, 0.5) is 0 Å². The number of nitrogens with zero attached hydrogens (tertiary/aromatic N) is 3. The summed E-state index contributed by atoms with van der Waals surface area (Å²) in [7, 11) is 2.01. The first kappa shape index (κ1) is 11.7. The summed E-state index contributed by atoms with van der Waals surface area (Å²) < 4.78 is 1.97. The van der Waals surface area contributed by atoms with E-state index >= 15 is 0 Å². The quantitative estimate of drug-likeness (QED) is 0.871. The molecule has 0 amide bonds. The molecule has 2 aromatic rings. The highest BCUT2D eigenvalue weighted by Crippen LogP contribution is 2.20. The predicted molar refractivity (Wildman–Crippen MR) is 73.2 cm³/mol. The minimum absolute atomic E-state index is 0.328. The Morgan fingerprint density at radius 3 is 3.06 bits per heavy atom. The second kappa shape index (κ2) is 4.71. The lowest BCUT2D eigenvalue weighted by Crippen LogP contribution is -2.42. The molecule has 1 atom stereocenters. The van der Waals surface area contributed by atoms with Crippen molar-refractivity contribution in [2.75, 3.05) is 13.1 Å². The third-order valence-corrected chi connectivity index (χ3v) is 3.75. The highest BCUT2D eigenvalue weighted by Gasteiger charge is 2.18. The Morgan fingerprint density at radius 1 is 1.39 bits per heavy atom. The SMILES string of the molecule is Cn1nc(CN2CCC[C@@H](N)C2)c2ccccc21. The monoisotopic (exact) mass is 244 g/mol. The van der Waals surface area contributed by atoms with E-state index in [9.17, 15) is 0 Å². The molecule has 1 aromatic carbocycles. The van der Waals surface area contributed by atoms with Crippen molar-refractivity contribution in [2.45, 2.75) is 25.4 Å². The molecule has 0 spiro atoms. The number of para-hydroxylation sites is 1. The van der Waals surface area contributed by atoms with Crippen LogP contribution in [0, 0.1) is 0 Å². The lowest BCUT2D eigenvalue weighted by Gasteiger charge is -2.30. The number of aromatic nitrogens is 2. The third-order valence-electron chi connectivity index (χ3n) is 3.75. The van der Waals surface area contributed by atoms with Crippen LogP contribution >= 0.6 is 0 Å². The molecule has 2 heterocycles. The number of benzene rings is 1. The Kier molecular flexibility index (Phi) is 3.06. The lowest BCUT2D eigenvalue weighted by molar-refractivity contribution is 0.199. The number of rotatable bonds is 2. The first-order valence-electron chi connectivity index (χ1n) is 6.62. The van der Waals surface area contributed by atoms with Gasteiger partial charge in [-0.3, -0.25) is 9.58 Å². The van der Waals surface area contributed by atoms with Gasteiger partial charge >= 0.3 is 0 Å². The Morgan fingerprint density at radius 2 is 2.22 bits per heavy atom. The van der Waals surface area contributed by atoms with Gasteiger partial charge in [0.1, 0.15) is 0 Å². The Bertz CT molecular complexity index is 546. The van der Waals surface area contributed by atoms with Gasteiger partial charge in [0.2, 0.25) is 0 Å². The molecule has 4 nitrogen and oxygen atoms in total. The lowest BCUT2D eigenvalue weighted by atomic mass is 10.1. The number of piperidine rings is 1. The third kappa shape index (κ3) is 2.13. The molecule has 1 saturated heterocycles. The van der Waals surface area contributed by atoms with E-state index in [2.05, 4.69) is 34.3 Å². The van der Waals surface area contributed by atoms with Gasteiger partial charge < -0.3 is 5.73 Å². The number of hydrogen-bond acceptors (Lipinski definition) is 3. The molecule has 0 unspecified atom stereocenters. The average Bonchev–Trinajstić information content (AvgIpc) is 2.67. The summed E-state index contributed by atoms with van der Waals surface area (Å²) in [6.07, 6.45) is 2.35. The summed E-state index contributed by atoms with van der Waals surface area (Å²) in [6.45, 7) is 3.04. The molecular formula is C14H20N4. The molecule has 1 aromatic heterocycles. The van der Waals surface area contributed by atoms with Gasteiger partial charge in [-0.2, -0.15) is 5.10 Å². The van der Waals surface area contributed by atoms with Crippen LogP contribution in [0.2, 0.25) is 0 Å². The highest BCUT2D eigenvalue weighted by atomic mass is 15.3. The molecule has 1 aliphatic heterocycles. The van der Waals surface area contributed by atoms with Gasteiger partial charge in [0.15, 0.2) is 0 Å². The van der Waals surface area contributed by atoms with Gasteiger partial charge in [0.05, 0.1) is 11.2 Å². The molecule has 0 aliphatic carbocycles. The Labute approximate surface area is 107 Å². The van der Waals surface area contributed by atoms with Crippen LogP contribution in [0.3, 0.4) is 0 Å². The van der Waals surface area contributed by atoms with E-state index < -0.39 is 0 Å². The molecule has 1 aliphatic rings. The van der Waals surface area contributed by atoms with Crippen molar-refractivity contribution in [3.8, 4) is 0 Å². The first-order chi connectivity index (χ1) is 8.74. The smallest absolute Gasteiger partial charge is 0.0843 e. The number of likely N-dealkylation sites (tertiary alicyclic amines) is 1. The van der Waals surface area contributed by atoms with Crippen molar-refractivity contribution >= 4 is 10.9 Å². The van der Waals surface area contributed by atoms with Gasteiger partial charge in [0, 0.05) is 31.6 Å². The zero-order valence-corrected chi connectivity index (χ0v) is 10.8. The van der Waals surface area contributed by atoms with Gasteiger partial charge in [0.25, 0.3) is 0 Å². The van der Waals surface area contributed by atoms with Crippen molar-refractivity contribution in [1.82, 2.24) is 14.7 Å². The first-order valence-corrected chi connectivity index (χ1v) is 6.62. The molecule has 0 radical (unpaired) electrons. The largest absolute Gasteiger partial charge is 0.327 e. The summed E-state index contributed by atoms with van der Waals surface area (Å²) in [6, 6.07) is 8.74. The molecule has 18 heavy (non-hydrogen) atoms. The molecule has 96 valence electrons.